The number of hydrogen-bond acceptors (Lipinski definition) is 5. The fraction of sp³-hybridized carbons (Fsp3) is 0.474. The minimum atomic E-state index is -0.705. The average Bonchev–Trinajstić information content (AvgIpc) is 2.98. The molecule has 3 atom stereocenters. The van der Waals surface area contributed by atoms with Gasteiger partial charge in [-0.3, -0.25) is 4.79 Å². The Labute approximate surface area is 152 Å². The maximum Gasteiger partial charge on any atom is 0.408 e. The number of β-lactam (4-membered cyclic amide) rings is 1. The number of carbonyl (C=O) groups is 2. The maximum atomic E-state index is 12.4. The molecule has 0 aromatic heterocycles. The van der Waals surface area contributed by atoms with Crippen molar-refractivity contribution < 1.29 is 23.8 Å². The van der Waals surface area contributed by atoms with Gasteiger partial charge >= 0.3 is 6.09 Å². The third kappa shape index (κ3) is 3.89. The van der Waals surface area contributed by atoms with Crippen LogP contribution >= 0.6 is 0 Å². The summed E-state index contributed by atoms with van der Waals surface area (Å²) >= 11 is 0. The summed E-state index contributed by atoms with van der Waals surface area (Å²) in [6.07, 6.45) is 2.51. The summed E-state index contributed by atoms with van der Waals surface area (Å²) in [4.78, 5) is 26.1. The van der Waals surface area contributed by atoms with Crippen LogP contribution in [0.4, 0.5) is 4.79 Å². The molecule has 0 radical (unpaired) electrons. The molecular weight excluding hydrogens is 336 g/mol. The number of carbonyl (C=O) groups excluding carboxylic acids is 2. The van der Waals surface area contributed by atoms with Crippen molar-refractivity contribution in [3.05, 3.63) is 48.2 Å². The van der Waals surface area contributed by atoms with Crippen molar-refractivity contribution in [2.75, 3.05) is 6.61 Å². The van der Waals surface area contributed by atoms with Crippen LogP contribution in [0.5, 0.6) is 0 Å². The number of allylic oxidation sites excluding steroid dienone is 1. The zero-order chi connectivity index (χ0) is 18.7. The van der Waals surface area contributed by atoms with E-state index in [1.54, 1.807) is 17.2 Å². The molecule has 2 amide bonds. The smallest absolute Gasteiger partial charge is 0.408 e. The van der Waals surface area contributed by atoms with Crippen molar-refractivity contribution in [1.29, 1.82) is 0 Å². The normalized spacial score (nSPS) is 27.4. The van der Waals surface area contributed by atoms with E-state index in [0.717, 1.165) is 5.56 Å². The molecule has 7 nitrogen and oxygen atoms in total. The van der Waals surface area contributed by atoms with Crippen LogP contribution < -0.4 is 5.32 Å². The van der Waals surface area contributed by atoms with E-state index >= 15 is 0 Å². The van der Waals surface area contributed by atoms with E-state index in [0.29, 0.717) is 6.61 Å². The van der Waals surface area contributed by atoms with Gasteiger partial charge in [-0.05, 0) is 26.3 Å². The molecule has 1 aromatic rings. The molecule has 26 heavy (non-hydrogen) atoms. The predicted molar refractivity (Wildman–Crippen MR) is 93.9 cm³/mol. The quantitative estimate of drug-likeness (QED) is 0.815. The number of benzene rings is 1. The van der Waals surface area contributed by atoms with Crippen molar-refractivity contribution in [2.45, 2.75) is 51.4 Å². The Morgan fingerprint density at radius 2 is 2.12 bits per heavy atom. The molecule has 1 aromatic carbocycles. The summed E-state index contributed by atoms with van der Waals surface area (Å²) in [6, 6.07) is 8.34. The summed E-state index contributed by atoms with van der Waals surface area (Å²) in [5.41, 5.74) is 0.879. The highest BCUT2D eigenvalue weighted by Crippen LogP contribution is 2.33. The molecule has 140 valence electrons. The van der Waals surface area contributed by atoms with Crippen LogP contribution in [0.2, 0.25) is 0 Å². The Balaban J connectivity index is 1.61. The molecule has 0 saturated carbocycles. The lowest BCUT2D eigenvalue weighted by Crippen LogP contribution is -2.72. The Hall–Kier alpha value is -2.38. The maximum absolute atomic E-state index is 12.4. The number of amides is 2. The van der Waals surface area contributed by atoms with Gasteiger partial charge in [-0.1, -0.05) is 36.4 Å². The first kappa shape index (κ1) is 18.4. The molecule has 0 bridgehead atoms. The number of ether oxygens (including phenoxy) is 3. The highest BCUT2D eigenvalue weighted by atomic mass is 16.7. The van der Waals surface area contributed by atoms with Gasteiger partial charge in [-0.15, -0.1) is 0 Å². The van der Waals surface area contributed by atoms with Gasteiger partial charge in [0.2, 0.25) is 0 Å². The fourth-order valence-electron chi connectivity index (χ4n) is 3.18. The number of nitrogens with zero attached hydrogens (tertiary/aromatic N) is 1. The van der Waals surface area contributed by atoms with Crippen LogP contribution in [0.3, 0.4) is 0 Å². The van der Waals surface area contributed by atoms with E-state index in [-0.39, 0.29) is 24.7 Å². The summed E-state index contributed by atoms with van der Waals surface area (Å²) in [7, 11) is 0. The number of alkyl carbamates (subject to hydrolysis) is 1. The van der Waals surface area contributed by atoms with E-state index in [1.165, 1.54) is 0 Å². The topological polar surface area (TPSA) is 77.1 Å². The van der Waals surface area contributed by atoms with Crippen molar-refractivity contribution >= 4 is 12.0 Å². The molecular formula is C19H24N2O5. The molecule has 2 heterocycles. The molecule has 7 heteroatoms. The van der Waals surface area contributed by atoms with Crippen LogP contribution in [-0.4, -0.2) is 47.5 Å². The molecule has 2 saturated heterocycles. The molecule has 2 aliphatic heterocycles. The van der Waals surface area contributed by atoms with Gasteiger partial charge in [0.05, 0.1) is 12.6 Å². The predicted octanol–water partition coefficient (Wildman–Crippen LogP) is 2.18. The number of rotatable bonds is 5. The number of likely N-dealkylation sites (tertiary alicyclic amines) is 1. The van der Waals surface area contributed by atoms with Crippen LogP contribution in [-0.2, 0) is 25.6 Å². The van der Waals surface area contributed by atoms with Crippen LogP contribution in [0.15, 0.2) is 42.6 Å². The minimum absolute atomic E-state index is 0.146. The third-order valence-electron chi connectivity index (χ3n) is 4.39. The standard InChI is InChI=1S/C19H24N2O5/c1-4-10-21-16(14-12-25-19(2,3)26-14)15(17(21)22)20-18(23)24-11-13-8-6-5-7-9-13/h4-10,14-16H,11-12H2,1-3H3,(H,20,23)/b10-4-/t14-,15-,16+/m0/s1. The second-order valence-corrected chi connectivity index (χ2v) is 6.77. The van der Waals surface area contributed by atoms with Gasteiger partial charge in [0.1, 0.15) is 18.8 Å². The molecule has 0 spiro atoms. The average molecular weight is 360 g/mol. The van der Waals surface area contributed by atoms with Crippen LogP contribution in [0, 0.1) is 0 Å². The van der Waals surface area contributed by atoms with Crippen molar-refractivity contribution in [3.8, 4) is 0 Å². The van der Waals surface area contributed by atoms with Gasteiger partial charge in [0.25, 0.3) is 5.91 Å². The first-order valence-corrected chi connectivity index (χ1v) is 8.65. The van der Waals surface area contributed by atoms with E-state index in [2.05, 4.69) is 5.32 Å². The SMILES string of the molecule is C/C=C\N1C(=O)[C@@H](NC(=O)OCc2ccccc2)[C@H]1[C@@H]1COC(C)(C)O1. The lowest BCUT2D eigenvalue weighted by molar-refractivity contribution is -0.168. The molecule has 1 N–H and O–H groups in total. The van der Waals surface area contributed by atoms with Crippen LogP contribution in [0.25, 0.3) is 0 Å². The minimum Gasteiger partial charge on any atom is -0.445 e. The monoisotopic (exact) mass is 360 g/mol. The van der Waals surface area contributed by atoms with Crippen molar-refractivity contribution in [3.63, 3.8) is 0 Å². The highest BCUT2D eigenvalue weighted by Gasteiger charge is 2.54. The first-order valence-electron chi connectivity index (χ1n) is 8.65. The van der Waals surface area contributed by atoms with Crippen molar-refractivity contribution in [2.24, 2.45) is 0 Å². The second-order valence-electron chi connectivity index (χ2n) is 6.77. The van der Waals surface area contributed by atoms with Crippen LogP contribution in [0.1, 0.15) is 26.3 Å². The summed E-state index contributed by atoms with van der Waals surface area (Å²) in [6.45, 7) is 5.98. The van der Waals surface area contributed by atoms with E-state index < -0.39 is 17.9 Å². The third-order valence-corrected chi connectivity index (χ3v) is 4.39. The van der Waals surface area contributed by atoms with Gasteiger partial charge in [-0.25, -0.2) is 4.79 Å². The van der Waals surface area contributed by atoms with E-state index in [9.17, 15) is 9.59 Å². The summed E-state index contributed by atoms with van der Waals surface area (Å²) in [5.74, 6) is -0.901. The molecule has 2 aliphatic rings. The highest BCUT2D eigenvalue weighted by molar-refractivity contribution is 5.93. The molecule has 0 unspecified atom stereocenters. The Morgan fingerprint density at radius 1 is 1.38 bits per heavy atom. The second kappa shape index (κ2) is 7.47. The van der Waals surface area contributed by atoms with Crippen molar-refractivity contribution in [1.82, 2.24) is 10.2 Å². The Morgan fingerprint density at radius 3 is 2.73 bits per heavy atom. The number of hydrogen-bond donors (Lipinski definition) is 1. The zero-order valence-electron chi connectivity index (χ0n) is 15.2. The molecule has 3 rings (SSSR count). The lowest BCUT2D eigenvalue weighted by atomic mass is 9.90. The van der Waals surface area contributed by atoms with Gasteiger partial charge in [0.15, 0.2) is 5.79 Å². The largest absolute Gasteiger partial charge is 0.445 e. The van der Waals surface area contributed by atoms with Gasteiger partial charge in [-0.2, -0.15) is 0 Å². The zero-order valence-corrected chi connectivity index (χ0v) is 15.2. The summed E-state index contributed by atoms with van der Waals surface area (Å²) < 4.78 is 16.7. The van der Waals surface area contributed by atoms with Gasteiger partial charge in [0, 0.05) is 6.20 Å². The van der Waals surface area contributed by atoms with E-state index in [4.69, 9.17) is 14.2 Å². The number of nitrogens with one attached hydrogen (secondary N) is 1. The summed E-state index contributed by atoms with van der Waals surface area (Å²) in [5, 5.41) is 2.66. The fourth-order valence-corrected chi connectivity index (χ4v) is 3.18. The van der Waals surface area contributed by atoms with Gasteiger partial charge < -0.3 is 24.4 Å². The molecule has 2 fully saturated rings. The molecule has 0 aliphatic carbocycles. The Bertz CT molecular complexity index is 688. The van der Waals surface area contributed by atoms with E-state index in [1.807, 2.05) is 51.1 Å². The Kier molecular flexibility index (Phi) is 5.29. The first-order chi connectivity index (χ1) is 12.4. The lowest BCUT2D eigenvalue weighted by Gasteiger charge is -2.47.